The molecule has 31 heavy (non-hydrogen) atoms. The summed E-state index contributed by atoms with van der Waals surface area (Å²) in [4.78, 5) is 27.6. The number of benzene rings is 1. The second kappa shape index (κ2) is 8.16. The fourth-order valence-corrected chi connectivity index (χ4v) is 4.64. The number of nitrogens with zero attached hydrogens (tertiary/aromatic N) is 4. The molecule has 4 rings (SSSR count). The van der Waals surface area contributed by atoms with Crippen molar-refractivity contribution in [1.82, 2.24) is 19.6 Å². The van der Waals surface area contributed by atoms with Gasteiger partial charge in [0.1, 0.15) is 0 Å². The molecule has 2 saturated heterocycles. The molecule has 3 heterocycles. The van der Waals surface area contributed by atoms with Gasteiger partial charge in [0.25, 0.3) is 0 Å². The number of carbonyl (C=O) groups is 2. The first-order chi connectivity index (χ1) is 14.6. The smallest absolute Gasteiger partial charge is 0.324 e. The highest BCUT2D eigenvalue weighted by atomic mass is 35.5. The summed E-state index contributed by atoms with van der Waals surface area (Å²) >= 11 is 5.88. The van der Waals surface area contributed by atoms with Crippen molar-refractivity contribution in [3.63, 3.8) is 0 Å². The number of carbonyl (C=O) groups excluding carboxylic acids is 2. The third kappa shape index (κ3) is 4.85. The fraction of sp³-hybridized carbons (Fsp3) is 0.450. The van der Waals surface area contributed by atoms with Gasteiger partial charge in [-0.3, -0.25) is 9.69 Å². The average molecular weight is 456 g/mol. The molecule has 11 heteroatoms. The molecule has 2 aromatic rings. The summed E-state index contributed by atoms with van der Waals surface area (Å²) in [6.45, 7) is 4.25. The summed E-state index contributed by atoms with van der Waals surface area (Å²) in [7, 11) is 0. The van der Waals surface area contributed by atoms with Gasteiger partial charge in [-0.25, -0.2) is 4.79 Å². The largest absolute Gasteiger partial charge is 0.416 e. The molecule has 0 radical (unpaired) electrons. The van der Waals surface area contributed by atoms with E-state index in [9.17, 15) is 22.8 Å². The van der Waals surface area contributed by atoms with E-state index in [0.717, 1.165) is 12.1 Å². The van der Waals surface area contributed by atoms with Crippen LogP contribution in [0.3, 0.4) is 0 Å². The lowest BCUT2D eigenvalue weighted by Gasteiger charge is -2.22. The van der Waals surface area contributed by atoms with Crippen LogP contribution in [0.2, 0.25) is 5.02 Å². The molecule has 1 aromatic heterocycles. The molecule has 0 aliphatic carbocycles. The van der Waals surface area contributed by atoms with Crippen molar-refractivity contribution in [2.24, 2.45) is 11.8 Å². The molecule has 0 spiro atoms. The van der Waals surface area contributed by atoms with Gasteiger partial charge >= 0.3 is 12.2 Å². The third-order valence-electron chi connectivity index (χ3n) is 5.62. The van der Waals surface area contributed by atoms with Crippen LogP contribution in [0.15, 0.2) is 30.6 Å². The van der Waals surface area contributed by atoms with Gasteiger partial charge in [0.05, 0.1) is 23.6 Å². The van der Waals surface area contributed by atoms with Crippen LogP contribution in [0.5, 0.6) is 0 Å². The van der Waals surface area contributed by atoms with E-state index in [1.54, 1.807) is 11.0 Å². The third-order valence-corrected chi connectivity index (χ3v) is 5.84. The van der Waals surface area contributed by atoms with Crippen LogP contribution in [0.1, 0.15) is 18.1 Å². The van der Waals surface area contributed by atoms with Gasteiger partial charge in [-0.2, -0.15) is 23.0 Å². The maximum atomic E-state index is 13.0. The molecule has 0 saturated carbocycles. The second-order valence-electron chi connectivity index (χ2n) is 8.10. The number of hydrogen-bond acceptors (Lipinski definition) is 4. The summed E-state index contributed by atoms with van der Waals surface area (Å²) in [5.41, 5.74) is 0.227. The van der Waals surface area contributed by atoms with Crippen molar-refractivity contribution in [3.8, 4) is 0 Å². The Kier molecular flexibility index (Phi) is 5.69. The van der Waals surface area contributed by atoms with E-state index in [0.29, 0.717) is 44.0 Å². The first kappa shape index (κ1) is 21.6. The van der Waals surface area contributed by atoms with E-state index in [-0.39, 0.29) is 28.8 Å². The topological polar surface area (TPSA) is 70.5 Å². The van der Waals surface area contributed by atoms with Crippen molar-refractivity contribution in [3.05, 3.63) is 46.7 Å². The van der Waals surface area contributed by atoms with Gasteiger partial charge in [-0.15, -0.1) is 0 Å². The molecular formula is C20H21ClF3N5O2. The lowest BCUT2D eigenvalue weighted by Crippen LogP contribution is -2.36. The number of amides is 2. The maximum absolute atomic E-state index is 13.0. The van der Waals surface area contributed by atoms with Gasteiger partial charge in [-0.1, -0.05) is 11.6 Å². The lowest BCUT2D eigenvalue weighted by molar-refractivity contribution is -0.137. The predicted octanol–water partition coefficient (Wildman–Crippen LogP) is 3.55. The first-order valence-electron chi connectivity index (χ1n) is 9.79. The summed E-state index contributed by atoms with van der Waals surface area (Å²) in [5, 5.41) is 6.66. The monoisotopic (exact) mass is 455 g/mol. The Morgan fingerprint density at radius 2 is 1.84 bits per heavy atom. The molecule has 2 amide bonds. The van der Waals surface area contributed by atoms with Gasteiger partial charge < -0.3 is 10.2 Å². The van der Waals surface area contributed by atoms with Crippen LogP contribution >= 0.6 is 11.6 Å². The van der Waals surface area contributed by atoms with Crippen molar-refractivity contribution < 1.29 is 22.8 Å². The summed E-state index contributed by atoms with van der Waals surface area (Å²) in [6.07, 6.45) is -1.55. The Morgan fingerprint density at radius 1 is 1.16 bits per heavy atom. The standard InChI is InChI=1S/C20H21ClF3N5O2/c1-12(30)26-18-5-25-29(11-18)19(31)28-9-14-7-27(8-15(14)10-28)6-13-2-16(20(22,23)24)4-17(21)3-13/h2-5,11,14-15H,6-10H2,1H3,(H,26,30). The number of halogens is 4. The number of alkyl halides is 3. The Bertz CT molecular complexity index is 995. The van der Waals surface area contributed by atoms with Crippen molar-refractivity contribution in [2.75, 3.05) is 31.5 Å². The molecular weight excluding hydrogens is 435 g/mol. The van der Waals surface area contributed by atoms with Crippen LogP contribution in [-0.2, 0) is 17.5 Å². The Hall–Kier alpha value is -2.59. The predicted molar refractivity (Wildman–Crippen MR) is 108 cm³/mol. The van der Waals surface area contributed by atoms with Crippen molar-refractivity contribution in [1.29, 1.82) is 0 Å². The number of fused-ring (bicyclic) bond motifs is 1. The van der Waals surface area contributed by atoms with E-state index in [1.165, 1.54) is 24.0 Å². The number of rotatable bonds is 3. The molecule has 2 unspecified atom stereocenters. The normalized spacial score (nSPS) is 21.4. The van der Waals surface area contributed by atoms with E-state index >= 15 is 0 Å². The summed E-state index contributed by atoms with van der Waals surface area (Å²) in [6, 6.07) is 3.37. The maximum Gasteiger partial charge on any atom is 0.416 e. The molecule has 1 aromatic carbocycles. The zero-order valence-corrected chi connectivity index (χ0v) is 17.5. The zero-order valence-electron chi connectivity index (χ0n) is 16.7. The van der Waals surface area contributed by atoms with Crippen LogP contribution in [0.4, 0.5) is 23.7 Å². The first-order valence-corrected chi connectivity index (χ1v) is 10.2. The van der Waals surface area contributed by atoms with Gasteiger partial charge in [0, 0.05) is 44.7 Å². The van der Waals surface area contributed by atoms with E-state index in [1.807, 2.05) is 0 Å². The Labute approximate surface area is 181 Å². The molecule has 1 N–H and O–H groups in total. The van der Waals surface area contributed by atoms with Crippen LogP contribution < -0.4 is 5.32 Å². The molecule has 2 aliphatic rings. The van der Waals surface area contributed by atoms with Crippen molar-refractivity contribution >= 4 is 29.2 Å². The number of likely N-dealkylation sites (tertiary alicyclic amines) is 2. The number of hydrogen-bond donors (Lipinski definition) is 1. The Morgan fingerprint density at radius 3 is 2.45 bits per heavy atom. The number of anilines is 1. The average Bonchev–Trinajstić information content (AvgIpc) is 3.34. The molecule has 2 atom stereocenters. The summed E-state index contributed by atoms with van der Waals surface area (Å²) < 4.78 is 40.3. The highest BCUT2D eigenvalue weighted by molar-refractivity contribution is 6.30. The SMILES string of the molecule is CC(=O)Nc1cnn(C(=O)N2CC3CN(Cc4cc(Cl)cc(C(F)(F)F)c4)CC3C2)c1. The summed E-state index contributed by atoms with van der Waals surface area (Å²) in [5.74, 6) is 0.246. The molecule has 7 nitrogen and oxygen atoms in total. The van der Waals surface area contributed by atoms with Crippen LogP contribution in [0, 0.1) is 11.8 Å². The fourth-order valence-electron chi connectivity index (χ4n) is 4.38. The van der Waals surface area contributed by atoms with Crippen molar-refractivity contribution in [2.45, 2.75) is 19.6 Å². The number of nitrogens with one attached hydrogen (secondary N) is 1. The van der Waals surface area contributed by atoms with Crippen LogP contribution in [0.25, 0.3) is 0 Å². The molecule has 0 bridgehead atoms. The van der Waals surface area contributed by atoms with Gasteiger partial charge in [0.15, 0.2) is 0 Å². The number of aromatic nitrogens is 2. The molecule has 166 valence electrons. The highest BCUT2D eigenvalue weighted by Crippen LogP contribution is 2.35. The van der Waals surface area contributed by atoms with E-state index in [4.69, 9.17) is 11.6 Å². The van der Waals surface area contributed by atoms with Crippen LogP contribution in [-0.4, -0.2) is 57.7 Å². The zero-order chi connectivity index (χ0) is 22.3. The van der Waals surface area contributed by atoms with Gasteiger partial charge in [-0.05, 0) is 35.6 Å². The minimum atomic E-state index is -4.44. The highest BCUT2D eigenvalue weighted by Gasteiger charge is 2.42. The van der Waals surface area contributed by atoms with E-state index < -0.39 is 11.7 Å². The molecule has 2 fully saturated rings. The minimum absolute atomic E-state index is 0.0684. The quantitative estimate of drug-likeness (QED) is 0.768. The Balaban J connectivity index is 1.35. The minimum Gasteiger partial charge on any atom is -0.324 e. The lowest BCUT2D eigenvalue weighted by atomic mass is 10.0. The van der Waals surface area contributed by atoms with Gasteiger partial charge in [0.2, 0.25) is 5.91 Å². The van der Waals surface area contributed by atoms with E-state index in [2.05, 4.69) is 15.3 Å². The second-order valence-corrected chi connectivity index (χ2v) is 8.54. The molecule has 2 aliphatic heterocycles.